The molecule has 1 saturated heterocycles. The van der Waals surface area contributed by atoms with Gasteiger partial charge in [0.15, 0.2) is 0 Å². The Kier molecular flexibility index (Phi) is 5.58. The number of nitrogens with one attached hydrogen (secondary N) is 1. The number of nitrogens with zero attached hydrogens (tertiary/aromatic N) is 2. The SMILES string of the molecule is CCN(Cc1ccc(Cl)s1)C(=O)CN1C(=O)N[C@@]2(CCCC[C@H]2C)C1=O. The summed E-state index contributed by atoms with van der Waals surface area (Å²) in [6.45, 7) is 4.59. The molecule has 4 amide bonds. The van der Waals surface area contributed by atoms with Gasteiger partial charge in [-0.3, -0.25) is 14.5 Å². The van der Waals surface area contributed by atoms with Gasteiger partial charge in [0, 0.05) is 11.4 Å². The zero-order valence-electron chi connectivity index (χ0n) is 15.1. The summed E-state index contributed by atoms with van der Waals surface area (Å²) >= 11 is 7.37. The van der Waals surface area contributed by atoms with E-state index in [0.717, 1.165) is 29.0 Å². The van der Waals surface area contributed by atoms with E-state index < -0.39 is 11.6 Å². The standard InChI is InChI=1S/C18H24ClN3O3S/c1-3-21(10-13-7-8-14(19)26-13)15(23)11-22-16(24)18(20-17(22)25)9-5-4-6-12(18)2/h7-8,12H,3-6,9-11H2,1-2H3,(H,20,25)/t12-,18-/m1/s1. The van der Waals surface area contributed by atoms with Gasteiger partial charge in [0.2, 0.25) is 5.91 Å². The summed E-state index contributed by atoms with van der Waals surface area (Å²) < 4.78 is 0.672. The number of thiophene rings is 1. The fourth-order valence-electron chi connectivity index (χ4n) is 3.88. The minimum atomic E-state index is -0.825. The van der Waals surface area contributed by atoms with Gasteiger partial charge < -0.3 is 10.2 Å². The molecule has 1 saturated carbocycles. The summed E-state index contributed by atoms with van der Waals surface area (Å²) in [4.78, 5) is 41.8. The van der Waals surface area contributed by atoms with Gasteiger partial charge in [-0.1, -0.05) is 31.4 Å². The maximum absolute atomic E-state index is 13.0. The highest BCUT2D eigenvalue weighted by atomic mass is 35.5. The summed E-state index contributed by atoms with van der Waals surface area (Å²) in [6.07, 6.45) is 3.54. The van der Waals surface area contributed by atoms with Crippen LogP contribution < -0.4 is 5.32 Å². The molecule has 2 heterocycles. The average molecular weight is 398 g/mol. The van der Waals surface area contributed by atoms with Gasteiger partial charge in [-0.05, 0) is 37.8 Å². The Morgan fingerprint density at radius 3 is 2.81 bits per heavy atom. The molecule has 2 atom stereocenters. The van der Waals surface area contributed by atoms with E-state index in [2.05, 4.69) is 5.32 Å². The first-order chi connectivity index (χ1) is 12.4. The van der Waals surface area contributed by atoms with Crippen LogP contribution in [0.15, 0.2) is 12.1 Å². The molecule has 1 aliphatic heterocycles. The Labute approximate surface area is 162 Å². The predicted octanol–water partition coefficient (Wildman–Crippen LogP) is 3.25. The first-order valence-electron chi connectivity index (χ1n) is 9.03. The molecule has 0 bridgehead atoms. The third-order valence-corrected chi connectivity index (χ3v) is 6.72. The Hall–Kier alpha value is -1.60. The molecule has 2 aliphatic rings. The lowest BCUT2D eigenvalue weighted by Gasteiger charge is -2.36. The Morgan fingerprint density at radius 1 is 1.42 bits per heavy atom. The van der Waals surface area contributed by atoms with Gasteiger partial charge in [0.05, 0.1) is 10.9 Å². The van der Waals surface area contributed by atoms with E-state index in [9.17, 15) is 14.4 Å². The number of hydrogen-bond donors (Lipinski definition) is 1. The number of hydrogen-bond acceptors (Lipinski definition) is 4. The van der Waals surface area contributed by atoms with Crippen molar-refractivity contribution in [2.75, 3.05) is 13.1 Å². The summed E-state index contributed by atoms with van der Waals surface area (Å²) in [5.41, 5.74) is -0.825. The second-order valence-corrected chi connectivity index (χ2v) is 8.85. The van der Waals surface area contributed by atoms with Gasteiger partial charge in [-0.25, -0.2) is 4.79 Å². The molecule has 3 rings (SSSR count). The Balaban J connectivity index is 1.69. The van der Waals surface area contributed by atoms with Crippen LogP contribution in [0.4, 0.5) is 4.79 Å². The van der Waals surface area contributed by atoms with Gasteiger partial charge in [0.25, 0.3) is 5.91 Å². The lowest BCUT2D eigenvalue weighted by atomic mass is 9.73. The van der Waals surface area contributed by atoms with Crippen molar-refractivity contribution >= 4 is 40.8 Å². The zero-order valence-corrected chi connectivity index (χ0v) is 16.7. The van der Waals surface area contributed by atoms with Crippen molar-refractivity contribution in [2.45, 2.75) is 51.6 Å². The van der Waals surface area contributed by atoms with Crippen LogP contribution >= 0.6 is 22.9 Å². The Bertz CT molecular complexity index is 722. The highest BCUT2D eigenvalue weighted by Gasteiger charge is 2.55. The van der Waals surface area contributed by atoms with Crippen LogP contribution in [0.2, 0.25) is 4.34 Å². The minimum Gasteiger partial charge on any atom is -0.336 e. The largest absolute Gasteiger partial charge is 0.336 e. The molecule has 0 radical (unpaired) electrons. The second kappa shape index (κ2) is 7.56. The van der Waals surface area contributed by atoms with E-state index in [1.807, 2.05) is 19.9 Å². The molecule has 0 aromatic carbocycles. The summed E-state index contributed by atoms with van der Waals surface area (Å²) in [5.74, 6) is -0.400. The van der Waals surface area contributed by atoms with Crippen LogP contribution in [0.25, 0.3) is 0 Å². The normalized spacial score (nSPS) is 25.7. The molecular weight excluding hydrogens is 374 g/mol. The third kappa shape index (κ3) is 3.47. The molecule has 6 nitrogen and oxygen atoms in total. The Morgan fingerprint density at radius 2 is 2.19 bits per heavy atom. The lowest BCUT2D eigenvalue weighted by Crippen LogP contribution is -2.54. The second-order valence-electron chi connectivity index (χ2n) is 7.05. The number of rotatable bonds is 5. The number of halogens is 1. The number of carbonyl (C=O) groups is 3. The van der Waals surface area contributed by atoms with Crippen LogP contribution in [0, 0.1) is 5.92 Å². The number of urea groups is 1. The van der Waals surface area contributed by atoms with Crippen LogP contribution in [-0.4, -0.2) is 46.3 Å². The molecule has 0 unspecified atom stereocenters. The quantitative estimate of drug-likeness (QED) is 0.775. The highest BCUT2D eigenvalue weighted by Crippen LogP contribution is 2.38. The van der Waals surface area contributed by atoms with Crippen LogP contribution in [0.3, 0.4) is 0 Å². The first-order valence-corrected chi connectivity index (χ1v) is 10.2. The predicted molar refractivity (Wildman–Crippen MR) is 101 cm³/mol. The van der Waals surface area contributed by atoms with E-state index in [4.69, 9.17) is 11.6 Å². The molecule has 1 spiro atoms. The fourth-order valence-corrected chi connectivity index (χ4v) is 4.98. The van der Waals surface area contributed by atoms with E-state index in [0.29, 0.717) is 23.8 Å². The van der Waals surface area contributed by atoms with Gasteiger partial charge >= 0.3 is 6.03 Å². The smallest absolute Gasteiger partial charge is 0.325 e. The maximum atomic E-state index is 13.0. The highest BCUT2D eigenvalue weighted by molar-refractivity contribution is 7.16. The molecule has 1 aromatic heterocycles. The van der Waals surface area contributed by atoms with Crippen LogP contribution in [0.1, 0.15) is 44.4 Å². The number of imide groups is 1. The lowest BCUT2D eigenvalue weighted by molar-refractivity contribution is -0.140. The molecule has 1 aliphatic carbocycles. The number of likely N-dealkylation sites (N-methyl/N-ethyl adjacent to an activating group) is 1. The van der Waals surface area contributed by atoms with Gasteiger partial charge in [-0.15, -0.1) is 11.3 Å². The average Bonchev–Trinajstić information content (AvgIpc) is 3.12. The van der Waals surface area contributed by atoms with Crippen molar-refractivity contribution < 1.29 is 14.4 Å². The maximum Gasteiger partial charge on any atom is 0.325 e. The van der Waals surface area contributed by atoms with Crippen molar-refractivity contribution in [3.05, 3.63) is 21.3 Å². The van der Waals surface area contributed by atoms with Crippen molar-refractivity contribution in [1.29, 1.82) is 0 Å². The van der Waals surface area contributed by atoms with Crippen molar-refractivity contribution in [3.63, 3.8) is 0 Å². The fraction of sp³-hybridized carbons (Fsp3) is 0.611. The van der Waals surface area contributed by atoms with Crippen molar-refractivity contribution in [3.8, 4) is 0 Å². The molecule has 2 fully saturated rings. The molecular formula is C18H24ClN3O3S. The first kappa shape index (κ1) is 19.2. The third-order valence-electron chi connectivity index (χ3n) is 5.50. The molecule has 1 aromatic rings. The van der Waals surface area contributed by atoms with E-state index >= 15 is 0 Å². The van der Waals surface area contributed by atoms with E-state index in [1.165, 1.54) is 11.3 Å². The van der Waals surface area contributed by atoms with Crippen molar-refractivity contribution in [2.24, 2.45) is 5.92 Å². The molecule has 142 valence electrons. The summed E-state index contributed by atoms with van der Waals surface area (Å²) in [5, 5.41) is 2.89. The van der Waals surface area contributed by atoms with Gasteiger partial charge in [-0.2, -0.15) is 0 Å². The van der Waals surface area contributed by atoms with Crippen molar-refractivity contribution in [1.82, 2.24) is 15.1 Å². The van der Waals surface area contributed by atoms with E-state index in [-0.39, 0.29) is 24.3 Å². The summed E-state index contributed by atoms with van der Waals surface area (Å²) in [7, 11) is 0. The zero-order chi connectivity index (χ0) is 18.9. The number of amides is 4. The topological polar surface area (TPSA) is 69.7 Å². The molecule has 26 heavy (non-hydrogen) atoms. The van der Waals surface area contributed by atoms with Crippen LogP contribution in [-0.2, 0) is 16.1 Å². The monoisotopic (exact) mass is 397 g/mol. The molecule has 1 N–H and O–H groups in total. The number of carbonyl (C=O) groups excluding carboxylic acids is 3. The molecule has 8 heteroatoms. The van der Waals surface area contributed by atoms with Crippen LogP contribution in [0.5, 0.6) is 0 Å². The van der Waals surface area contributed by atoms with E-state index in [1.54, 1.807) is 11.0 Å². The van der Waals surface area contributed by atoms with Gasteiger partial charge in [0.1, 0.15) is 12.1 Å². The minimum absolute atomic E-state index is 0.0864. The summed E-state index contributed by atoms with van der Waals surface area (Å²) in [6, 6.07) is 3.23.